The fourth-order valence-corrected chi connectivity index (χ4v) is 1.76. The number of aromatic nitrogens is 3. The summed E-state index contributed by atoms with van der Waals surface area (Å²) in [6, 6.07) is 0.172. The summed E-state index contributed by atoms with van der Waals surface area (Å²) in [6.07, 6.45) is 1.71. The molecule has 0 spiro atoms. The highest BCUT2D eigenvalue weighted by molar-refractivity contribution is 8.13. The molecule has 0 N–H and O–H groups in total. The van der Waals surface area contributed by atoms with E-state index in [9.17, 15) is 8.42 Å². The van der Waals surface area contributed by atoms with Gasteiger partial charge in [0.05, 0.1) is 5.75 Å². The zero-order valence-corrected chi connectivity index (χ0v) is 9.59. The van der Waals surface area contributed by atoms with E-state index in [1.165, 1.54) is 6.33 Å². The monoisotopic (exact) mass is 237 g/mol. The first-order chi connectivity index (χ1) is 6.40. The fraction of sp³-hybridized carbons (Fsp3) is 0.714. The lowest BCUT2D eigenvalue weighted by Crippen LogP contribution is -2.11. The highest BCUT2D eigenvalue weighted by Gasteiger charge is 2.11. The predicted molar refractivity (Wildman–Crippen MR) is 53.8 cm³/mol. The molecule has 14 heavy (non-hydrogen) atoms. The van der Waals surface area contributed by atoms with E-state index in [1.54, 1.807) is 4.68 Å². The summed E-state index contributed by atoms with van der Waals surface area (Å²) in [6.45, 7) is 3.90. The lowest BCUT2D eigenvalue weighted by atomic mass is 10.4. The van der Waals surface area contributed by atoms with E-state index in [1.807, 2.05) is 13.8 Å². The van der Waals surface area contributed by atoms with Crippen molar-refractivity contribution in [2.75, 3.05) is 5.75 Å². The summed E-state index contributed by atoms with van der Waals surface area (Å²) in [7, 11) is 1.65. The third-order valence-electron chi connectivity index (χ3n) is 1.71. The van der Waals surface area contributed by atoms with Crippen LogP contribution in [0.1, 0.15) is 25.7 Å². The first-order valence-corrected chi connectivity index (χ1v) is 6.68. The molecule has 1 heterocycles. The highest BCUT2D eigenvalue weighted by atomic mass is 35.7. The second-order valence-corrected chi connectivity index (χ2v) is 6.10. The summed E-state index contributed by atoms with van der Waals surface area (Å²) in [5.41, 5.74) is 0. The van der Waals surface area contributed by atoms with Crippen molar-refractivity contribution in [1.29, 1.82) is 0 Å². The zero-order valence-electron chi connectivity index (χ0n) is 8.01. The number of nitrogens with zero attached hydrogens (tertiary/aromatic N) is 3. The lowest BCUT2D eigenvalue weighted by molar-refractivity contribution is 0.507. The molecule has 0 saturated heterocycles. The molecular weight excluding hydrogens is 226 g/mol. The minimum absolute atomic E-state index is 0.111. The van der Waals surface area contributed by atoms with Crippen molar-refractivity contribution < 1.29 is 8.42 Å². The van der Waals surface area contributed by atoms with Crippen LogP contribution in [0.5, 0.6) is 0 Å². The first-order valence-electron chi connectivity index (χ1n) is 4.21. The van der Waals surface area contributed by atoms with Crippen LogP contribution < -0.4 is 0 Å². The van der Waals surface area contributed by atoms with Crippen molar-refractivity contribution in [3.8, 4) is 0 Å². The number of aryl methyl sites for hydroxylation is 1. The Labute approximate surface area is 87.5 Å². The Hall–Kier alpha value is -0.620. The van der Waals surface area contributed by atoms with E-state index in [-0.39, 0.29) is 11.8 Å². The third kappa shape index (κ3) is 3.26. The van der Waals surface area contributed by atoms with Gasteiger partial charge in [0.2, 0.25) is 9.05 Å². The smallest absolute Gasteiger partial charge is 0.233 e. The Balaban J connectivity index is 2.72. The van der Waals surface area contributed by atoms with Crippen LogP contribution in [0.15, 0.2) is 6.33 Å². The maximum absolute atomic E-state index is 10.7. The molecule has 1 rings (SSSR count). The van der Waals surface area contributed by atoms with Crippen molar-refractivity contribution in [2.45, 2.75) is 26.3 Å². The average Bonchev–Trinajstić information content (AvgIpc) is 2.46. The van der Waals surface area contributed by atoms with E-state index in [0.717, 1.165) is 0 Å². The first kappa shape index (κ1) is 11.5. The number of halogens is 1. The van der Waals surface area contributed by atoms with Gasteiger partial charge >= 0.3 is 0 Å². The predicted octanol–water partition coefficient (Wildman–Crippen LogP) is 0.970. The molecule has 0 unspecified atom stereocenters. The minimum Gasteiger partial charge on any atom is -0.248 e. The molecule has 0 aliphatic carbocycles. The van der Waals surface area contributed by atoms with Gasteiger partial charge in [-0.15, -0.1) is 0 Å². The number of hydrogen-bond acceptors (Lipinski definition) is 4. The molecule has 7 heteroatoms. The Kier molecular flexibility index (Phi) is 3.49. The largest absolute Gasteiger partial charge is 0.248 e. The summed E-state index contributed by atoms with van der Waals surface area (Å²) >= 11 is 0. The molecule has 0 amide bonds. The van der Waals surface area contributed by atoms with Crippen molar-refractivity contribution in [3.05, 3.63) is 12.2 Å². The summed E-state index contributed by atoms with van der Waals surface area (Å²) < 4.78 is 23.1. The number of rotatable bonds is 4. The minimum atomic E-state index is -3.45. The van der Waals surface area contributed by atoms with E-state index in [0.29, 0.717) is 12.2 Å². The molecule has 0 saturated carbocycles. The van der Waals surface area contributed by atoms with Gasteiger partial charge in [-0.3, -0.25) is 0 Å². The summed E-state index contributed by atoms with van der Waals surface area (Å²) in [4.78, 5) is 3.97. The maximum atomic E-state index is 10.7. The standard InChI is InChI=1S/C7H12ClN3O2S/c1-6(2)11-7(9-5-10-11)3-4-14(8,12)13/h5-6H,3-4H2,1-2H3. The second kappa shape index (κ2) is 4.27. The van der Waals surface area contributed by atoms with E-state index in [4.69, 9.17) is 10.7 Å². The second-order valence-electron chi connectivity index (χ2n) is 3.21. The Bertz CT molecular complexity index is 399. The topological polar surface area (TPSA) is 64.8 Å². The molecular formula is C7H12ClN3O2S. The quantitative estimate of drug-likeness (QED) is 0.732. The zero-order chi connectivity index (χ0) is 10.8. The van der Waals surface area contributed by atoms with Crippen LogP contribution in [-0.2, 0) is 15.5 Å². The molecule has 5 nitrogen and oxygen atoms in total. The van der Waals surface area contributed by atoms with E-state index in [2.05, 4.69) is 10.1 Å². The molecule has 80 valence electrons. The van der Waals surface area contributed by atoms with Crippen molar-refractivity contribution in [3.63, 3.8) is 0 Å². The Morgan fingerprint density at radius 2 is 2.21 bits per heavy atom. The molecule has 1 aromatic rings. The molecule has 0 bridgehead atoms. The molecule has 0 atom stereocenters. The molecule has 0 radical (unpaired) electrons. The molecule has 1 aromatic heterocycles. The summed E-state index contributed by atoms with van der Waals surface area (Å²) in [5.74, 6) is 0.532. The van der Waals surface area contributed by atoms with Gasteiger partial charge < -0.3 is 0 Å². The Morgan fingerprint density at radius 3 is 2.71 bits per heavy atom. The van der Waals surface area contributed by atoms with Gasteiger partial charge in [-0.2, -0.15) is 5.10 Å². The van der Waals surface area contributed by atoms with Gasteiger partial charge in [-0.05, 0) is 13.8 Å². The lowest BCUT2D eigenvalue weighted by Gasteiger charge is -2.07. The van der Waals surface area contributed by atoms with Gasteiger partial charge in [0.25, 0.3) is 0 Å². The molecule has 0 aliphatic rings. The van der Waals surface area contributed by atoms with Gasteiger partial charge in [0, 0.05) is 23.1 Å². The van der Waals surface area contributed by atoms with Crippen LogP contribution in [0.25, 0.3) is 0 Å². The van der Waals surface area contributed by atoms with E-state index < -0.39 is 9.05 Å². The summed E-state index contributed by atoms with van der Waals surface area (Å²) in [5, 5.41) is 3.98. The van der Waals surface area contributed by atoms with Crippen LogP contribution in [-0.4, -0.2) is 28.9 Å². The van der Waals surface area contributed by atoms with Crippen LogP contribution in [0, 0.1) is 0 Å². The Morgan fingerprint density at radius 1 is 1.57 bits per heavy atom. The fourth-order valence-electron chi connectivity index (χ4n) is 1.10. The molecule has 0 aliphatic heterocycles. The SMILES string of the molecule is CC(C)n1ncnc1CCS(=O)(=O)Cl. The third-order valence-corrected chi connectivity index (χ3v) is 2.86. The van der Waals surface area contributed by atoms with Crippen molar-refractivity contribution >= 4 is 19.7 Å². The van der Waals surface area contributed by atoms with Crippen molar-refractivity contribution in [1.82, 2.24) is 14.8 Å². The maximum Gasteiger partial charge on any atom is 0.233 e. The number of hydrogen-bond donors (Lipinski definition) is 0. The van der Waals surface area contributed by atoms with Crippen LogP contribution in [0.2, 0.25) is 0 Å². The van der Waals surface area contributed by atoms with Crippen LogP contribution >= 0.6 is 10.7 Å². The average molecular weight is 238 g/mol. The van der Waals surface area contributed by atoms with E-state index >= 15 is 0 Å². The van der Waals surface area contributed by atoms with Crippen LogP contribution in [0.3, 0.4) is 0 Å². The highest BCUT2D eigenvalue weighted by Crippen LogP contribution is 2.07. The van der Waals surface area contributed by atoms with Crippen LogP contribution in [0.4, 0.5) is 0 Å². The molecule has 0 fully saturated rings. The van der Waals surface area contributed by atoms with Gasteiger partial charge in [-0.25, -0.2) is 18.1 Å². The normalized spacial score (nSPS) is 12.3. The molecule has 0 aromatic carbocycles. The van der Waals surface area contributed by atoms with Gasteiger partial charge in [-0.1, -0.05) is 0 Å². The van der Waals surface area contributed by atoms with Gasteiger partial charge in [0.15, 0.2) is 0 Å². The van der Waals surface area contributed by atoms with Gasteiger partial charge in [0.1, 0.15) is 12.2 Å². The van der Waals surface area contributed by atoms with Crippen molar-refractivity contribution in [2.24, 2.45) is 0 Å².